The minimum Gasteiger partial charge on any atom is -0.497 e. The van der Waals surface area contributed by atoms with Crippen molar-refractivity contribution < 1.29 is 14.3 Å². The van der Waals surface area contributed by atoms with E-state index in [-0.39, 0.29) is 17.6 Å². The van der Waals surface area contributed by atoms with Crippen molar-refractivity contribution in [3.63, 3.8) is 0 Å². The average Bonchev–Trinajstić information content (AvgIpc) is 3.52. The van der Waals surface area contributed by atoms with Gasteiger partial charge in [-0.2, -0.15) is 0 Å². The van der Waals surface area contributed by atoms with Gasteiger partial charge in [-0.05, 0) is 54.8 Å². The van der Waals surface area contributed by atoms with E-state index in [0.29, 0.717) is 15.9 Å². The van der Waals surface area contributed by atoms with Crippen molar-refractivity contribution in [2.45, 2.75) is 12.1 Å². The van der Waals surface area contributed by atoms with E-state index in [9.17, 15) is 9.59 Å². The molecule has 0 radical (unpaired) electrons. The Hall–Kier alpha value is -3.63. The molecule has 4 aromatic rings. The molecule has 0 aliphatic rings. The van der Waals surface area contributed by atoms with Gasteiger partial charge in [0.1, 0.15) is 5.75 Å². The van der Waals surface area contributed by atoms with Crippen molar-refractivity contribution in [3.8, 4) is 22.8 Å². The summed E-state index contributed by atoms with van der Waals surface area (Å²) in [5.74, 6) is 0.742. The van der Waals surface area contributed by atoms with Gasteiger partial charge in [0.2, 0.25) is 5.91 Å². The predicted octanol–water partition coefficient (Wildman–Crippen LogP) is 3.87. The smallest absolute Gasteiger partial charge is 0.279 e. The second-order valence-corrected chi connectivity index (χ2v) is 8.86. The molecule has 0 saturated heterocycles. The number of thioether (sulfide) groups is 1. The van der Waals surface area contributed by atoms with E-state index in [1.165, 1.54) is 23.1 Å². The highest BCUT2D eigenvalue weighted by Gasteiger charge is 2.18. The Bertz CT molecular complexity index is 1240. The van der Waals surface area contributed by atoms with E-state index in [1.54, 1.807) is 24.6 Å². The molecular weight excluding hydrogens is 458 g/mol. The Kier molecular flexibility index (Phi) is 7.06. The van der Waals surface area contributed by atoms with Gasteiger partial charge in [0.05, 0.1) is 17.7 Å². The quantitative estimate of drug-likeness (QED) is 0.309. The summed E-state index contributed by atoms with van der Waals surface area (Å²) in [5, 5.41) is 11.1. The van der Waals surface area contributed by atoms with E-state index in [0.717, 1.165) is 22.6 Å². The Labute approximate surface area is 199 Å². The monoisotopic (exact) mass is 479 g/mol. The van der Waals surface area contributed by atoms with E-state index >= 15 is 0 Å². The number of benzene rings is 2. The van der Waals surface area contributed by atoms with Crippen molar-refractivity contribution >= 4 is 34.9 Å². The van der Waals surface area contributed by atoms with Gasteiger partial charge < -0.3 is 4.74 Å². The first kappa shape index (κ1) is 22.6. The second kappa shape index (κ2) is 10.3. The molecule has 0 unspecified atom stereocenters. The van der Waals surface area contributed by atoms with Crippen LogP contribution in [0.25, 0.3) is 17.1 Å². The number of nitrogens with one attached hydrogen (secondary N) is 2. The normalized spacial score (nSPS) is 10.6. The van der Waals surface area contributed by atoms with Gasteiger partial charge in [0, 0.05) is 11.3 Å². The van der Waals surface area contributed by atoms with Crippen molar-refractivity contribution in [2.24, 2.45) is 0 Å². The van der Waals surface area contributed by atoms with Crippen LogP contribution in [0.5, 0.6) is 5.75 Å². The van der Waals surface area contributed by atoms with Crippen LogP contribution in [0.2, 0.25) is 0 Å². The minimum absolute atomic E-state index is 0.0529. The lowest BCUT2D eigenvalue weighted by molar-refractivity contribution is -0.119. The number of rotatable bonds is 7. The number of nitrogens with zero attached hydrogens (tertiary/aromatic N) is 3. The van der Waals surface area contributed by atoms with Crippen molar-refractivity contribution in [3.05, 3.63) is 76.5 Å². The topological polar surface area (TPSA) is 98.1 Å². The SMILES string of the molecule is COc1ccc(-c2nnc(SCC(=O)NNC(=O)c3cccs3)n2-c2ccc(C)cc2)cc1. The number of amides is 2. The zero-order valence-electron chi connectivity index (χ0n) is 17.9. The zero-order valence-corrected chi connectivity index (χ0v) is 19.6. The standard InChI is InChI=1S/C23H21N5O3S2/c1-15-5-9-17(10-6-15)28-21(16-7-11-18(31-2)12-8-16)25-27-23(28)33-14-20(29)24-26-22(30)19-4-3-13-32-19/h3-13H,14H2,1-2H3,(H,24,29)(H,26,30). The lowest BCUT2D eigenvalue weighted by Gasteiger charge is -2.11. The molecule has 0 spiro atoms. The largest absolute Gasteiger partial charge is 0.497 e. The Balaban J connectivity index is 1.52. The average molecular weight is 480 g/mol. The highest BCUT2D eigenvalue weighted by atomic mass is 32.2. The first-order chi connectivity index (χ1) is 16.0. The Morgan fingerprint density at radius 2 is 1.79 bits per heavy atom. The number of aryl methyl sites for hydroxylation is 1. The third-order valence-electron chi connectivity index (χ3n) is 4.67. The number of ether oxygens (including phenoxy) is 1. The molecule has 2 aromatic carbocycles. The fourth-order valence-electron chi connectivity index (χ4n) is 2.98. The van der Waals surface area contributed by atoms with Crippen LogP contribution in [0.1, 0.15) is 15.2 Å². The molecule has 0 fully saturated rings. The van der Waals surface area contributed by atoms with Gasteiger partial charge in [-0.1, -0.05) is 35.5 Å². The number of hydrogen-bond acceptors (Lipinski definition) is 7. The zero-order chi connectivity index (χ0) is 23.2. The fraction of sp³-hybridized carbons (Fsp3) is 0.130. The molecule has 2 N–H and O–H groups in total. The molecule has 168 valence electrons. The van der Waals surface area contributed by atoms with Gasteiger partial charge in [-0.25, -0.2) is 0 Å². The molecule has 2 aromatic heterocycles. The first-order valence-electron chi connectivity index (χ1n) is 9.97. The third kappa shape index (κ3) is 5.41. The van der Waals surface area contributed by atoms with Crippen LogP contribution in [0.4, 0.5) is 0 Å². The maximum Gasteiger partial charge on any atom is 0.279 e. The molecule has 2 heterocycles. The van der Waals surface area contributed by atoms with Crippen molar-refractivity contribution in [1.29, 1.82) is 0 Å². The molecule has 33 heavy (non-hydrogen) atoms. The van der Waals surface area contributed by atoms with E-state index in [2.05, 4.69) is 21.0 Å². The van der Waals surface area contributed by atoms with Crippen LogP contribution in [0.3, 0.4) is 0 Å². The summed E-state index contributed by atoms with van der Waals surface area (Å²) in [7, 11) is 1.62. The molecule has 4 rings (SSSR count). The van der Waals surface area contributed by atoms with Crippen LogP contribution in [0.15, 0.2) is 71.2 Å². The van der Waals surface area contributed by atoms with Gasteiger partial charge >= 0.3 is 0 Å². The van der Waals surface area contributed by atoms with E-state index < -0.39 is 0 Å². The fourth-order valence-corrected chi connectivity index (χ4v) is 4.35. The molecule has 0 aliphatic heterocycles. The minimum atomic E-state index is -0.354. The summed E-state index contributed by atoms with van der Waals surface area (Å²) in [4.78, 5) is 24.8. The first-order valence-corrected chi connectivity index (χ1v) is 11.8. The lowest BCUT2D eigenvalue weighted by Crippen LogP contribution is -2.42. The Morgan fingerprint density at radius 1 is 1.03 bits per heavy atom. The van der Waals surface area contributed by atoms with Crippen LogP contribution in [-0.4, -0.2) is 39.4 Å². The molecule has 10 heteroatoms. The maximum absolute atomic E-state index is 12.3. The molecular formula is C23H21N5O3S2. The number of methoxy groups -OCH3 is 1. The van der Waals surface area contributed by atoms with Gasteiger partial charge in [-0.3, -0.25) is 25.0 Å². The number of aromatic nitrogens is 3. The molecule has 0 aliphatic carbocycles. The summed E-state index contributed by atoms with van der Waals surface area (Å²) >= 11 is 2.53. The van der Waals surface area contributed by atoms with Gasteiger partial charge in [0.15, 0.2) is 11.0 Å². The second-order valence-electron chi connectivity index (χ2n) is 6.97. The van der Waals surface area contributed by atoms with Gasteiger partial charge in [0.25, 0.3) is 5.91 Å². The molecule has 0 atom stereocenters. The van der Waals surface area contributed by atoms with Crippen molar-refractivity contribution in [1.82, 2.24) is 25.6 Å². The van der Waals surface area contributed by atoms with Gasteiger partial charge in [-0.15, -0.1) is 21.5 Å². The van der Waals surface area contributed by atoms with Crippen LogP contribution in [-0.2, 0) is 4.79 Å². The number of hydrazine groups is 1. The maximum atomic E-state index is 12.3. The number of thiophene rings is 1. The number of hydrogen-bond donors (Lipinski definition) is 2. The summed E-state index contributed by atoms with van der Waals surface area (Å²) in [6, 6.07) is 19.0. The third-order valence-corrected chi connectivity index (χ3v) is 6.46. The lowest BCUT2D eigenvalue weighted by atomic mass is 10.2. The summed E-state index contributed by atoms with van der Waals surface area (Å²) < 4.78 is 7.15. The number of carbonyl (C=O) groups excluding carboxylic acids is 2. The highest BCUT2D eigenvalue weighted by molar-refractivity contribution is 7.99. The predicted molar refractivity (Wildman–Crippen MR) is 129 cm³/mol. The molecule has 0 saturated carbocycles. The Morgan fingerprint density at radius 3 is 2.45 bits per heavy atom. The number of carbonyl (C=O) groups is 2. The summed E-state index contributed by atoms with van der Waals surface area (Å²) in [5.41, 5.74) is 7.73. The summed E-state index contributed by atoms with van der Waals surface area (Å²) in [6.07, 6.45) is 0. The summed E-state index contributed by atoms with van der Waals surface area (Å²) in [6.45, 7) is 2.02. The van der Waals surface area contributed by atoms with E-state index in [1.807, 2.05) is 60.0 Å². The van der Waals surface area contributed by atoms with Crippen LogP contribution >= 0.6 is 23.1 Å². The molecule has 8 nitrogen and oxygen atoms in total. The highest BCUT2D eigenvalue weighted by Crippen LogP contribution is 2.29. The van der Waals surface area contributed by atoms with Crippen LogP contribution in [0, 0.1) is 6.92 Å². The van der Waals surface area contributed by atoms with Crippen LogP contribution < -0.4 is 15.6 Å². The van der Waals surface area contributed by atoms with Crippen molar-refractivity contribution in [2.75, 3.05) is 12.9 Å². The van der Waals surface area contributed by atoms with E-state index in [4.69, 9.17) is 4.74 Å². The molecule has 2 amide bonds. The molecule has 0 bridgehead atoms.